The molecule has 1 atom stereocenters. The number of carbonyl (C=O) groups excluding carboxylic acids is 2. The molecule has 9 nitrogen and oxygen atoms in total. The molecular formula is C24H44F3N3O6. The molecule has 0 aliphatic carbocycles. The molecule has 0 unspecified atom stereocenters. The van der Waals surface area contributed by atoms with Crippen molar-refractivity contribution in [1.29, 1.82) is 0 Å². The largest absolute Gasteiger partial charge is 0.490 e. The van der Waals surface area contributed by atoms with Gasteiger partial charge in [-0.05, 0) is 32.2 Å². The van der Waals surface area contributed by atoms with Crippen LogP contribution < -0.4 is 16.4 Å². The van der Waals surface area contributed by atoms with Crippen LogP contribution in [-0.2, 0) is 19.2 Å². The van der Waals surface area contributed by atoms with Crippen LogP contribution in [0.3, 0.4) is 0 Å². The van der Waals surface area contributed by atoms with Gasteiger partial charge in [-0.1, -0.05) is 64.7 Å². The first-order chi connectivity index (χ1) is 16.9. The summed E-state index contributed by atoms with van der Waals surface area (Å²) in [5.41, 5.74) is 5.41. The van der Waals surface area contributed by atoms with E-state index in [1.165, 1.54) is 38.5 Å². The highest BCUT2D eigenvalue weighted by Crippen LogP contribution is 2.13. The van der Waals surface area contributed by atoms with Crippen LogP contribution in [-0.4, -0.2) is 59.3 Å². The number of nitrogens with one attached hydrogen (secondary N) is 2. The van der Waals surface area contributed by atoms with Crippen molar-refractivity contribution in [1.82, 2.24) is 10.6 Å². The predicted octanol–water partition coefficient (Wildman–Crippen LogP) is 4.14. The van der Waals surface area contributed by atoms with Crippen LogP contribution in [0.2, 0.25) is 0 Å². The normalized spacial score (nSPS) is 11.7. The Hall–Kier alpha value is -2.37. The van der Waals surface area contributed by atoms with Crippen molar-refractivity contribution in [3.05, 3.63) is 0 Å². The summed E-state index contributed by atoms with van der Waals surface area (Å²) in [5.74, 6) is -4.28. The molecule has 36 heavy (non-hydrogen) atoms. The molecule has 6 N–H and O–H groups in total. The topological polar surface area (TPSA) is 159 Å². The molecule has 0 rings (SSSR count). The van der Waals surface area contributed by atoms with Gasteiger partial charge in [0.2, 0.25) is 11.8 Å². The van der Waals surface area contributed by atoms with E-state index in [1.54, 1.807) is 0 Å². The third-order valence-corrected chi connectivity index (χ3v) is 5.25. The Morgan fingerprint density at radius 2 is 1.28 bits per heavy atom. The second-order valence-electron chi connectivity index (χ2n) is 8.58. The standard InChI is InChI=1S/C22H43N3O4.C2HF3O2/c1-2-3-4-5-6-7-8-9-11-14-21(27)25-19(22(28)29)15-16-20(26)24-18-13-10-12-17-23;3-2(4,5)1(6)7/h19H,2-18,23H2,1H3,(H,24,26)(H,25,27)(H,28,29);(H,6,7)/t19-;/m1./s1. The highest BCUT2D eigenvalue weighted by atomic mass is 19.4. The lowest BCUT2D eigenvalue weighted by Gasteiger charge is -2.14. The van der Waals surface area contributed by atoms with E-state index in [1.807, 2.05) is 0 Å². The van der Waals surface area contributed by atoms with Crippen molar-refractivity contribution in [2.75, 3.05) is 13.1 Å². The molecule has 0 saturated carbocycles. The summed E-state index contributed by atoms with van der Waals surface area (Å²) in [5, 5.41) is 21.7. The molecule has 0 fully saturated rings. The number of rotatable bonds is 20. The van der Waals surface area contributed by atoms with Gasteiger partial charge in [-0.15, -0.1) is 0 Å². The van der Waals surface area contributed by atoms with Crippen LogP contribution >= 0.6 is 0 Å². The summed E-state index contributed by atoms with van der Waals surface area (Å²) < 4.78 is 31.7. The van der Waals surface area contributed by atoms with E-state index in [0.717, 1.165) is 38.5 Å². The first-order valence-corrected chi connectivity index (χ1v) is 12.7. The molecule has 0 radical (unpaired) electrons. The molecule has 0 aromatic heterocycles. The molecular weight excluding hydrogens is 483 g/mol. The lowest BCUT2D eigenvalue weighted by molar-refractivity contribution is -0.192. The van der Waals surface area contributed by atoms with Gasteiger partial charge < -0.3 is 26.6 Å². The number of carboxylic acids is 2. The van der Waals surface area contributed by atoms with Crippen LogP contribution in [0, 0.1) is 0 Å². The van der Waals surface area contributed by atoms with Gasteiger partial charge in [0.1, 0.15) is 6.04 Å². The van der Waals surface area contributed by atoms with Crippen molar-refractivity contribution in [2.24, 2.45) is 5.73 Å². The van der Waals surface area contributed by atoms with Crippen molar-refractivity contribution in [3.8, 4) is 0 Å². The third kappa shape index (κ3) is 24.7. The first-order valence-electron chi connectivity index (χ1n) is 12.7. The number of nitrogens with two attached hydrogens (primary N) is 1. The number of alkyl halides is 3. The molecule has 2 amide bonds. The Labute approximate surface area is 211 Å². The lowest BCUT2D eigenvalue weighted by Crippen LogP contribution is -2.41. The summed E-state index contributed by atoms with van der Waals surface area (Å²) in [6.45, 7) is 3.43. The van der Waals surface area contributed by atoms with Crippen LogP contribution in [0.5, 0.6) is 0 Å². The van der Waals surface area contributed by atoms with Crippen molar-refractivity contribution in [2.45, 2.75) is 115 Å². The molecule has 0 bridgehead atoms. The van der Waals surface area contributed by atoms with Crippen LogP contribution in [0.15, 0.2) is 0 Å². The maximum absolute atomic E-state index is 12.0. The molecule has 12 heteroatoms. The molecule has 0 aromatic rings. The molecule has 0 saturated heterocycles. The summed E-state index contributed by atoms with van der Waals surface area (Å²) >= 11 is 0. The zero-order valence-corrected chi connectivity index (χ0v) is 21.3. The zero-order valence-electron chi connectivity index (χ0n) is 21.3. The van der Waals surface area contributed by atoms with Gasteiger partial charge in [-0.3, -0.25) is 9.59 Å². The SMILES string of the molecule is CCCCCCCCCCCC(=O)N[C@H](CCC(=O)NCCCCCN)C(=O)O.O=C(O)C(F)(F)F. The van der Waals surface area contributed by atoms with Crippen molar-refractivity contribution in [3.63, 3.8) is 0 Å². The summed E-state index contributed by atoms with van der Waals surface area (Å²) in [6.07, 6.45) is 8.70. The highest BCUT2D eigenvalue weighted by molar-refractivity contribution is 5.84. The number of aliphatic carboxylic acids is 2. The average Bonchev–Trinajstić information content (AvgIpc) is 2.80. The van der Waals surface area contributed by atoms with Gasteiger partial charge in [-0.2, -0.15) is 13.2 Å². The second kappa shape index (κ2) is 23.1. The quantitative estimate of drug-likeness (QED) is 0.149. The fourth-order valence-electron chi connectivity index (χ4n) is 3.16. The van der Waals surface area contributed by atoms with E-state index in [0.29, 0.717) is 19.5 Å². The number of carbonyl (C=O) groups is 4. The van der Waals surface area contributed by atoms with Gasteiger partial charge >= 0.3 is 18.1 Å². The molecule has 0 aliphatic heterocycles. The maximum atomic E-state index is 12.0. The number of hydrogen-bond acceptors (Lipinski definition) is 5. The number of hydrogen-bond donors (Lipinski definition) is 5. The summed E-state index contributed by atoms with van der Waals surface area (Å²) in [7, 11) is 0. The van der Waals surface area contributed by atoms with E-state index in [4.69, 9.17) is 15.6 Å². The van der Waals surface area contributed by atoms with E-state index < -0.39 is 24.2 Å². The second-order valence-corrected chi connectivity index (χ2v) is 8.58. The minimum absolute atomic E-state index is 0.0895. The van der Waals surface area contributed by atoms with E-state index in [2.05, 4.69) is 17.6 Å². The van der Waals surface area contributed by atoms with Gasteiger partial charge in [0.05, 0.1) is 0 Å². The van der Waals surface area contributed by atoms with E-state index in [9.17, 15) is 32.7 Å². The molecule has 0 aliphatic rings. The van der Waals surface area contributed by atoms with Crippen LogP contribution in [0.25, 0.3) is 0 Å². The van der Waals surface area contributed by atoms with Gasteiger partial charge in [0.25, 0.3) is 0 Å². The predicted molar refractivity (Wildman–Crippen MR) is 130 cm³/mol. The Kier molecular flexibility index (Phi) is 22.9. The van der Waals surface area contributed by atoms with Gasteiger partial charge in [0, 0.05) is 19.4 Å². The van der Waals surface area contributed by atoms with E-state index >= 15 is 0 Å². The van der Waals surface area contributed by atoms with Crippen LogP contribution in [0.4, 0.5) is 13.2 Å². The third-order valence-electron chi connectivity index (χ3n) is 5.25. The summed E-state index contributed by atoms with van der Waals surface area (Å²) in [6, 6.07) is -1.01. The number of unbranched alkanes of at least 4 members (excludes halogenated alkanes) is 10. The lowest BCUT2D eigenvalue weighted by atomic mass is 10.1. The molecule has 212 valence electrons. The summed E-state index contributed by atoms with van der Waals surface area (Å²) in [4.78, 5) is 44.0. The Morgan fingerprint density at radius 3 is 1.75 bits per heavy atom. The average molecular weight is 528 g/mol. The minimum atomic E-state index is -5.08. The fourth-order valence-corrected chi connectivity index (χ4v) is 3.16. The first kappa shape index (κ1) is 35.8. The minimum Gasteiger partial charge on any atom is -0.480 e. The fraction of sp³-hybridized carbons (Fsp3) is 0.833. The number of amides is 2. The maximum Gasteiger partial charge on any atom is 0.490 e. The van der Waals surface area contributed by atoms with Crippen molar-refractivity contribution >= 4 is 23.8 Å². The Morgan fingerprint density at radius 1 is 0.778 bits per heavy atom. The van der Waals surface area contributed by atoms with Gasteiger partial charge in [-0.25, -0.2) is 9.59 Å². The molecule has 0 spiro atoms. The Balaban J connectivity index is 0. The van der Waals surface area contributed by atoms with E-state index in [-0.39, 0.29) is 24.7 Å². The van der Waals surface area contributed by atoms with Gasteiger partial charge in [0.15, 0.2) is 0 Å². The molecule has 0 aromatic carbocycles. The molecule has 0 heterocycles. The number of halogens is 3. The van der Waals surface area contributed by atoms with Crippen molar-refractivity contribution < 1.29 is 42.6 Å². The smallest absolute Gasteiger partial charge is 0.480 e. The Bertz CT molecular complexity index is 618. The van der Waals surface area contributed by atoms with Crippen LogP contribution in [0.1, 0.15) is 103 Å². The number of carboxylic acid groups (broad SMARTS) is 2. The zero-order chi connectivity index (χ0) is 27.8. The monoisotopic (exact) mass is 527 g/mol. The highest BCUT2D eigenvalue weighted by Gasteiger charge is 2.38.